The minimum Gasteiger partial charge on any atom is -0.494 e. The molecule has 0 aliphatic rings. The predicted octanol–water partition coefficient (Wildman–Crippen LogP) is 5.94. The fraction of sp³-hybridized carbons (Fsp3) is 0.350. The third-order valence-electron chi connectivity index (χ3n) is 3.77. The maximum Gasteiger partial charge on any atom is 0.416 e. The fourth-order valence-corrected chi connectivity index (χ4v) is 2.61. The predicted molar refractivity (Wildman–Crippen MR) is 102 cm³/mol. The van der Waals surface area contributed by atoms with Gasteiger partial charge in [-0.1, -0.05) is 18.5 Å². The lowest BCUT2D eigenvalue weighted by molar-refractivity contribution is -0.137. The Morgan fingerprint density at radius 1 is 1.14 bits per heavy atom. The maximum absolute atomic E-state index is 12.9. The number of ether oxygens (including phenoxy) is 2. The summed E-state index contributed by atoms with van der Waals surface area (Å²) >= 11 is 5.94. The average molecular weight is 416 g/mol. The molecule has 152 valence electrons. The Labute approximate surface area is 166 Å². The third kappa shape index (κ3) is 5.87. The molecule has 0 atom stereocenters. The van der Waals surface area contributed by atoms with Crippen LogP contribution >= 0.6 is 11.6 Å². The van der Waals surface area contributed by atoms with Gasteiger partial charge in [-0.25, -0.2) is 0 Å². The van der Waals surface area contributed by atoms with Gasteiger partial charge in [-0.3, -0.25) is 4.79 Å². The van der Waals surface area contributed by atoms with Crippen LogP contribution in [0.5, 0.6) is 5.75 Å². The van der Waals surface area contributed by atoms with Crippen molar-refractivity contribution in [2.24, 2.45) is 0 Å². The summed E-state index contributed by atoms with van der Waals surface area (Å²) in [5, 5.41) is 2.45. The zero-order valence-electron chi connectivity index (χ0n) is 15.5. The second kappa shape index (κ2) is 9.80. The topological polar surface area (TPSA) is 47.6 Å². The van der Waals surface area contributed by atoms with E-state index in [-0.39, 0.29) is 22.9 Å². The van der Waals surface area contributed by atoms with Crippen molar-refractivity contribution in [3.8, 4) is 5.75 Å². The molecular formula is C20H21ClF3NO3. The second-order valence-electron chi connectivity index (χ2n) is 5.95. The van der Waals surface area contributed by atoms with E-state index in [4.69, 9.17) is 21.1 Å². The zero-order valence-corrected chi connectivity index (χ0v) is 16.3. The van der Waals surface area contributed by atoms with E-state index in [0.717, 1.165) is 24.6 Å². The molecule has 0 bridgehead atoms. The van der Waals surface area contributed by atoms with Gasteiger partial charge in [-0.15, -0.1) is 0 Å². The van der Waals surface area contributed by atoms with Crippen molar-refractivity contribution in [1.29, 1.82) is 0 Å². The molecule has 1 amide bonds. The SMILES string of the molecule is CCCOCc1cc(C(=O)Nc2cc(C(F)(F)F)ccc2Cl)ccc1OCC. The van der Waals surface area contributed by atoms with Crippen molar-refractivity contribution >= 4 is 23.2 Å². The lowest BCUT2D eigenvalue weighted by atomic mass is 10.1. The average Bonchev–Trinajstić information content (AvgIpc) is 2.64. The minimum atomic E-state index is -4.53. The summed E-state index contributed by atoms with van der Waals surface area (Å²) in [5.74, 6) is 0.00766. The van der Waals surface area contributed by atoms with E-state index in [1.165, 1.54) is 6.07 Å². The molecule has 2 aromatic carbocycles. The molecule has 0 aliphatic heterocycles. The highest BCUT2D eigenvalue weighted by molar-refractivity contribution is 6.34. The Morgan fingerprint density at radius 2 is 1.89 bits per heavy atom. The summed E-state index contributed by atoms with van der Waals surface area (Å²) in [6.45, 7) is 5.08. The number of alkyl halides is 3. The van der Waals surface area contributed by atoms with Crippen molar-refractivity contribution in [2.45, 2.75) is 33.1 Å². The standard InChI is InChI=1S/C20H21ClF3NO3/c1-3-9-27-12-14-10-13(5-8-18(14)28-4-2)19(26)25-17-11-15(20(22,23)24)6-7-16(17)21/h5-8,10-11H,3-4,9,12H2,1-2H3,(H,25,26). The van der Waals surface area contributed by atoms with Crippen molar-refractivity contribution < 1.29 is 27.4 Å². The number of benzene rings is 2. The number of rotatable bonds is 8. The van der Waals surface area contributed by atoms with Gasteiger partial charge < -0.3 is 14.8 Å². The molecular weight excluding hydrogens is 395 g/mol. The van der Waals surface area contributed by atoms with Crippen LogP contribution in [0.1, 0.15) is 41.8 Å². The molecule has 2 rings (SSSR count). The molecule has 0 aliphatic carbocycles. The molecule has 0 spiro atoms. The lowest BCUT2D eigenvalue weighted by Gasteiger charge is -2.14. The van der Waals surface area contributed by atoms with Gasteiger partial charge in [0, 0.05) is 17.7 Å². The maximum atomic E-state index is 12.9. The van der Waals surface area contributed by atoms with E-state index in [2.05, 4.69) is 5.32 Å². The Balaban J connectivity index is 2.25. The number of nitrogens with one attached hydrogen (secondary N) is 1. The number of carbonyl (C=O) groups is 1. The highest BCUT2D eigenvalue weighted by atomic mass is 35.5. The van der Waals surface area contributed by atoms with Crippen molar-refractivity contribution in [1.82, 2.24) is 0 Å². The lowest BCUT2D eigenvalue weighted by Crippen LogP contribution is -2.14. The molecule has 28 heavy (non-hydrogen) atoms. The Hall–Kier alpha value is -2.25. The van der Waals surface area contributed by atoms with Gasteiger partial charge in [0.15, 0.2) is 0 Å². The summed E-state index contributed by atoms with van der Waals surface area (Å²) in [5.41, 5.74) is -0.0724. The molecule has 0 heterocycles. The Bertz CT molecular complexity index is 825. The number of halogens is 4. The Morgan fingerprint density at radius 3 is 2.54 bits per heavy atom. The van der Waals surface area contributed by atoms with Gasteiger partial charge in [-0.2, -0.15) is 13.2 Å². The van der Waals surface area contributed by atoms with Gasteiger partial charge in [0.05, 0.1) is 29.5 Å². The second-order valence-corrected chi connectivity index (χ2v) is 6.36. The van der Waals surface area contributed by atoms with Crippen LogP contribution in [0.2, 0.25) is 5.02 Å². The number of hydrogen-bond acceptors (Lipinski definition) is 3. The van der Waals surface area contributed by atoms with Gasteiger partial charge in [0.2, 0.25) is 0 Å². The first kappa shape index (κ1) is 22.0. The summed E-state index contributed by atoms with van der Waals surface area (Å²) in [4.78, 5) is 12.5. The van der Waals surface area contributed by atoms with E-state index in [9.17, 15) is 18.0 Å². The van der Waals surface area contributed by atoms with Crippen molar-refractivity contribution in [3.63, 3.8) is 0 Å². The summed E-state index contributed by atoms with van der Waals surface area (Å²) < 4.78 is 49.7. The van der Waals surface area contributed by atoms with Crippen LogP contribution in [0.3, 0.4) is 0 Å². The van der Waals surface area contributed by atoms with Gasteiger partial charge in [-0.05, 0) is 49.7 Å². The highest BCUT2D eigenvalue weighted by Crippen LogP contribution is 2.34. The monoisotopic (exact) mass is 415 g/mol. The molecule has 8 heteroatoms. The molecule has 2 aromatic rings. The van der Waals surface area contributed by atoms with Gasteiger partial charge >= 0.3 is 6.18 Å². The van der Waals surface area contributed by atoms with E-state index in [0.29, 0.717) is 24.5 Å². The third-order valence-corrected chi connectivity index (χ3v) is 4.10. The van der Waals surface area contributed by atoms with E-state index in [1.807, 2.05) is 13.8 Å². The van der Waals surface area contributed by atoms with E-state index in [1.54, 1.807) is 12.1 Å². The quantitative estimate of drug-likeness (QED) is 0.543. The number of carbonyl (C=O) groups excluding carboxylic acids is 1. The van der Waals surface area contributed by atoms with Crippen LogP contribution < -0.4 is 10.1 Å². The Kier molecular flexibility index (Phi) is 7.71. The fourth-order valence-electron chi connectivity index (χ4n) is 2.45. The molecule has 0 unspecified atom stereocenters. The largest absolute Gasteiger partial charge is 0.494 e. The number of amides is 1. The number of anilines is 1. The van der Waals surface area contributed by atoms with E-state index < -0.39 is 17.6 Å². The van der Waals surface area contributed by atoms with Crippen LogP contribution in [-0.2, 0) is 17.5 Å². The van der Waals surface area contributed by atoms with Crippen LogP contribution in [0.25, 0.3) is 0 Å². The zero-order chi connectivity index (χ0) is 20.7. The summed E-state index contributed by atoms with van der Waals surface area (Å²) in [6.07, 6.45) is -3.69. The first-order valence-electron chi connectivity index (χ1n) is 8.77. The van der Waals surface area contributed by atoms with Gasteiger partial charge in [0.25, 0.3) is 5.91 Å². The van der Waals surface area contributed by atoms with Crippen LogP contribution in [0.15, 0.2) is 36.4 Å². The summed E-state index contributed by atoms with van der Waals surface area (Å²) in [7, 11) is 0. The molecule has 0 radical (unpaired) electrons. The van der Waals surface area contributed by atoms with Crippen LogP contribution in [0, 0.1) is 0 Å². The van der Waals surface area contributed by atoms with Crippen molar-refractivity contribution in [3.05, 3.63) is 58.1 Å². The first-order chi connectivity index (χ1) is 13.3. The molecule has 1 N–H and O–H groups in total. The molecule has 0 saturated carbocycles. The molecule has 0 fully saturated rings. The molecule has 0 saturated heterocycles. The minimum absolute atomic E-state index is 0.0128. The normalized spacial score (nSPS) is 11.4. The highest BCUT2D eigenvalue weighted by Gasteiger charge is 2.31. The van der Waals surface area contributed by atoms with Crippen LogP contribution in [-0.4, -0.2) is 19.1 Å². The van der Waals surface area contributed by atoms with E-state index >= 15 is 0 Å². The van der Waals surface area contributed by atoms with Crippen molar-refractivity contribution in [2.75, 3.05) is 18.5 Å². The van der Waals surface area contributed by atoms with Crippen LogP contribution in [0.4, 0.5) is 18.9 Å². The smallest absolute Gasteiger partial charge is 0.416 e. The molecule has 4 nitrogen and oxygen atoms in total. The van der Waals surface area contributed by atoms with Gasteiger partial charge in [0.1, 0.15) is 5.75 Å². The first-order valence-corrected chi connectivity index (χ1v) is 9.15. The summed E-state index contributed by atoms with van der Waals surface area (Å²) in [6, 6.07) is 7.53. The number of hydrogen-bond donors (Lipinski definition) is 1. The molecule has 0 aromatic heterocycles.